The number of aromatic nitrogens is 2. The van der Waals surface area contributed by atoms with Gasteiger partial charge in [-0.05, 0) is 67.4 Å². The van der Waals surface area contributed by atoms with E-state index >= 15 is 0 Å². The van der Waals surface area contributed by atoms with E-state index in [0.29, 0.717) is 17.0 Å². The smallest absolute Gasteiger partial charge is 0.356 e. The van der Waals surface area contributed by atoms with Crippen molar-refractivity contribution in [3.8, 4) is 17.7 Å². The Hall–Kier alpha value is -3.97. The number of hydrogen-bond donors (Lipinski definition) is 1. The van der Waals surface area contributed by atoms with Gasteiger partial charge in [-0.2, -0.15) is 10.2 Å². The van der Waals surface area contributed by atoms with E-state index in [-0.39, 0.29) is 23.2 Å². The Morgan fingerprint density at radius 1 is 1.18 bits per heavy atom. The highest BCUT2D eigenvalue weighted by Crippen LogP contribution is 2.37. The van der Waals surface area contributed by atoms with E-state index in [1.165, 1.54) is 6.08 Å². The van der Waals surface area contributed by atoms with Gasteiger partial charge >= 0.3 is 11.6 Å². The first-order chi connectivity index (χ1) is 15.7. The number of anilines is 2. The fourth-order valence-electron chi connectivity index (χ4n) is 3.00. The van der Waals surface area contributed by atoms with E-state index in [2.05, 4.69) is 37.3 Å². The molecule has 0 atom stereocenters. The van der Waals surface area contributed by atoms with Gasteiger partial charge < -0.3 is 15.0 Å². The first-order valence-electron chi connectivity index (χ1n) is 9.80. The summed E-state index contributed by atoms with van der Waals surface area (Å²) < 4.78 is 6.88. The first kappa shape index (κ1) is 23.7. The van der Waals surface area contributed by atoms with Crippen LogP contribution < -0.4 is 10.1 Å². The molecule has 3 aromatic rings. The Bertz CT molecular complexity index is 1240. The average Bonchev–Trinajstić information content (AvgIpc) is 2.74. The van der Waals surface area contributed by atoms with Crippen LogP contribution in [-0.4, -0.2) is 33.9 Å². The van der Waals surface area contributed by atoms with Crippen molar-refractivity contribution in [1.82, 2.24) is 14.9 Å². The Balaban J connectivity index is 2.14. The molecule has 0 bridgehead atoms. The zero-order chi connectivity index (χ0) is 24.1. The Morgan fingerprint density at radius 2 is 1.82 bits per heavy atom. The average molecular weight is 509 g/mol. The molecule has 1 N–H and O–H groups in total. The molecule has 2 aromatic carbocycles. The van der Waals surface area contributed by atoms with Crippen molar-refractivity contribution in [2.45, 2.75) is 13.8 Å². The third-order valence-electron chi connectivity index (χ3n) is 4.49. The Labute approximate surface area is 199 Å². The van der Waals surface area contributed by atoms with Crippen LogP contribution in [0.15, 0.2) is 47.1 Å². The van der Waals surface area contributed by atoms with Crippen molar-refractivity contribution in [3.05, 3.63) is 79.6 Å². The summed E-state index contributed by atoms with van der Waals surface area (Å²) in [6, 6.07) is 12.5. The van der Waals surface area contributed by atoms with Crippen LogP contribution in [0.4, 0.5) is 17.3 Å². The molecule has 168 valence electrons. The number of nitriles is 1. The van der Waals surface area contributed by atoms with E-state index in [1.807, 2.05) is 26.0 Å². The molecular formula is C23H21BrN6O3. The number of nitro groups is 1. The summed E-state index contributed by atoms with van der Waals surface area (Å²) in [6.45, 7) is 3.70. The van der Waals surface area contributed by atoms with Gasteiger partial charge in [0.15, 0.2) is 5.69 Å². The van der Waals surface area contributed by atoms with Crippen LogP contribution >= 0.6 is 15.9 Å². The van der Waals surface area contributed by atoms with E-state index in [4.69, 9.17) is 10.00 Å². The van der Waals surface area contributed by atoms with Gasteiger partial charge in [0.25, 0.3) is 0 Å². The van der Waals surface area contributed by atoms with Gasteiger partial charge in [-0.25, -0.2) is 4.98 Å². The summed E-state index contributed by atoms with van der Waals surface area (Å²) in [7, 11) is 3.59. The lowest BCUT2D eigenvalue weighted by Crippen LogP contribution is -2.07. The van der Waals surface area contributed by atoms with Crippen LogP contribution in [-0.2, 0) is 0 Å². The van der Waals surface area contributed by atoms with Gasteiger partial charge in [0.1, 0.15) is 5.75 Å². The van der Waals surface area contributed by atoms with Crippen molar-refractivity contribution in [1.29, 1.82) is 5.26 Å². The number of aryl methyl sites for hydroxylation is 2. The number of benzene rings is 2. The molecule has 0 radical (unpaired) electrons. The predicted molar refractivity (Wildman–Crippen MR) is 130 cm³/mol. The van der Waals surface area contributed by atoms with Crippen molar-refractivity contribution in [2.24, 2.45) is 0 Å². The summed E-state index contributed by atoms with van der Waals surface area (Å²) in [5, 5.41) is 24.0. The van der Waals surface area contributed by atoms with Crippen LogP contribution in [0.2, 0.25) is 0 Å². The summed E-state index contributed by atoms with van der Waals surface area (Å²) in [5.41, 5.74) is 2.45. The van der Waals surface area contributed by atoms with Crippen LogP contribution in [0.3, 0.4) is 0 Å². The maximum Gasteiger partial charge on any atom is 0.356 e. The molecular weight excluding hydrogens is 488 g/mol. The number of hydrogen-bond acceptors (Lipinski definition) is 8. The van der Waals surface area contributed by atoms with Gasteiger partial charge in [0.2, 0.25) is 5.95 Å². The molecule has 33 heavy (non-hydrogen) atoms. The molecule has 0 fully saturated rings. The second kappa shape index (κ2) is 10.1. The lowest BCUT2D eigenvalue weighted by molar-refractivity contribution is -0.386. The zero-order valence-electron chi connectivity index (χ0n) is 18.5. The van der Waals surface area contributed by atoms with Gasteiger partial charge in [0.05, 0.1) is 16.6 Å². The largest absolute Gasteiger partial charge is 0.433 e. The van der Waals surface area contributed by atoms with Gasteiger partial charge in [-0.3, -0.25) is 10.1 Å². The number of rotatable bonds is 7. The zero-order valence-corrected chi connectivity index (χ0v) is 20.0. The number of halogens is 1. The Kier molecular flexibility index (Phi) is 7.25. The highest BCUT2D eigenvalue weighted by Gasteiger charge is 2.27. The second-order valence-electron chi connectivity index (χ2n) is 7.41. The lowest BCUT2D eigenvalue weighted by Gasteiger charge is -2.14. The van der Waals surface area contributed by atoms with Crippen LogP contribution in [0, 0.1) is 35.3 Å². The molecule has 10 heteroatoms. The fourth-order valence-corrected chi connectivity index (χ4v) is 3.68. The number of nitrogens with zero attached hydrogens (tertiary/aromatic N) is 5. The van der Waals surface area contributed by atoms with E-state index in [9.17, 15) is 10.1 Å². The molecule has 3 rings (SSSR count). The molecule has 0 amide bonds. The standard InChI is InChI=1S/C23H21BrN6O3/c1-14-11-17(24)12-15(2)21(14)33-22-20(30(31)32)19(9-10-29(3)4)27-23(28-22)26-18-7-5-16(13-25)6-8-18/h5-12H,1-4H3,(H,26,27,28)/b10-9+. The van der Waals surface area contributed by atoms with Gasteiger partial charge in [-0.1, -0.05) is 15.9 Å². The topological polar surface area (TPSA) is 117 Å². The molecule has 0 aliphatic heterocycles. The normalized spacial score (nSPS) is 10.7. The summed E-state index contributed by atoms with van der Waals surface area (Å²) in [6.07, 6.45) is 3.18. The molecule has 0 unspecified atom stereocenters. The third kappa shape index (κ3) is 5.84. The molecule has 0 saturated heterocycles. The number of ether oxygens (including phenoxy) is 1. The highest BCUT2D eigenvalue weighted by molar-refractivity contribution is 9.10. The maximum absolute atomic E-state index is 12.0. The molecule has 0 aliphatic rings. The minimum atomic E-state index is -0.556. The predicted octanol–water partition coefficient (Wildman–Crippen LogP) is 5.70. The third-order valence-corrected chi connectivity index (χ3v) is 4.94. The summed E-state index contributed by atoms with van der Waals surface area (Å²) in [5.74, 6) is 0.413. The monoisotopic (exact) mass is 508 g/mol. The SMILES string of the molecule is Cc1cc(Br)cc(C)c1Oc1nc(Nc2ccc(C#N)cc2)nc(/C=C/N(C)C)c1[N+](=O)[O-]. The van der Waals surface area contributed by atoms with Crippen molar-refractivity contribution >= 4 is 39.3 Å². The van der Waals surface area contributed by atoms with Crippen LogP contribution in [0.25, 0.3) is 6.08 Å². The molecule has 1 heterocycles. The van der Waals surface area contributed by atoms with Crippen LogP contribution in [0.1, 0.15) is 22.4 Å². The molecule has 9 nitrogen and oxygen atoms in total. The molecule has 0 spiro atoms. The quantitative estimate of drug-likeness (QED) is 0.318. The minimum absolute atomic E-state index is 0.0854. The molecule has 0 saturated carbocycles. The van der Waals surface area contributed by atoms with E-state index < -0.39 is 4.92 Å². The minimum Gasteiger partial charge on any atom is -0.433 e. The van der Waals surface area contributed by atoms with E-state index in [0.717, 1.165) is 15.6 Å². The molecule has 1 aromatic heterocycles. The van der Waals surface area contributed by atoms with Crippen LogP contribution in [0.5, 0.6) is 11.6 Å². The second-order valence-corrected chi connectivity index (χ2v) is 8.32. The summed E-state index contributed by atoms with van der Waals surface area (Å²) >= 11 is 3.44. The lowest BCUT2D eigenvalue weighted by atomic mass is 10.1. The molecule has 0 aliphatic carbocycles. The highest BCUT2D eigenvalue weighted by atomic mass is 79.9. The van der Waals surface area contributed by atoms with Crippen molar-refractivity contribution in [3.63, 3.8) is 0 Å². The van der Waals surface area contributed by atoms with Crippen molar-refractivity contribution < 1.29 is 9.66 Å². The number of nitrogens with one attached hydrogen (secondary N) is 1. The fraction of sp³-hybridized carbons (Fsp3) is 0.174. The van der Waals surface area contributed by atoms with Crippen molar-refractivity contribution in [2.75, 3.05) is 19.4 Å². The first-order valence-corrected chi connectivity index (χ1v) is 10.6. The van der Waals surface area contributed by atoms with E-state index in [1.54, 1.807) is 49.5 Å². The summed E-state index contributed by atoms with van der Waals surface area (Å²) in [4.78, 5) is 21.8. The van der Waals surface area contributed by atoms with Gasteiger partial charge in [-0.15, -0.1) is 0 Å². The Morgan fingerprint density at radius 3 is 2.36 bits per heavy atom. The van der Waals surface area contributed by atoms with Gasteiger partial charge in [0, 0.05) is 30.5 Å². The maximum atomic E-state index is 12.0.